The van der Waals surface area contributed by atoms with Gasteiger partial charge in [0, 0.05) is 6.42 Å². The molecule has 0 saturated heterocycles. The van der Waals surface area contributed by atoms with Gasteiger partial charge in [0.05, 0.1) is 0 Å². The van der Waals surface area contributed by atoms with Crippen molar-refractivity contribution < 1.29 is 0 Å². The Morgan fingerprint density at radius 2 is 1.52 bits per heavy atom. The van der Waals surface area contributed by atoms with Crippen molar-refractivity contribution in [1.29, 1.82) is 0 Å². The first-order valence-corrected chi connectivity index (χ1v) is 8.26. The van der Waals surface area contributed by atoms with Crippen molar-refractivity contribution in [2.45, 2.75) is 12.8 Å². The van der Waals surface area contributed by atoms with Crippen LogP contribution < -0.4 is 0 Å². The average Bonchev–Trinajstić information content (AvgIpc) is 3.06. The van der Waals surface area contributed by atoms with Crippen LogP contribution in [-0.4, -0.2) is 0 Å². The van der Waals surface area contributed by atoms with Crippen LogP contribution in [0.1, 0.15) is 23.1 Å². The second-order valence-electron chi connectivity index (χ2n) is 6.37. The van der Waals surface area contributed by atoms with Gasteiger partial charge in [-0.05, 0) is 57.5 Å². The highest BCUT2D eigenvalue weighted by Crippen LogP contribution is 2.45. The summed E-state index contributed by atoms with van der Waals surface area (Å²) in [4.78, 5) is 0. The van der Waals surface area contributed by atoms with Gasteiger partial charge in [-0.3, -0.25) is 0 Å². The Bertz CT molecular complexity index is 971. The van der Waals surface area contributed by atoms with Crippen LogP contribution >= 0.6 is 0 Å². The first kappa shape index (κ1) is 12.9. The van der Waals surface area contributed by atoms with Crippen LogP contribution in [0.15, 0.2) is 78.4 Å². The van der Waals surface area contributed by atoms with Crippen LogP contribution in [0.4, 0.5) is 0 Å². The molecule has 3 aromatic carbocycles. The van der Waals surface area contributed by atoms with E-state index in [1.807, 2.05) is 0 Å². The zero-order valence-corrected chi connectivity index (χ0v) is 12.9. The molecule has 0 heterocycles. The van der Waals surface area contributed by atoms with Crippen molar-refractivity contribution in [1.82, 2.24) is 0 Å². The summed E-state index contributed by atoms with van der Waals surface area (Å²) in [5, 5.41) is 2.72. The Morgan fingerprint density at radius 3 is 2.43 bits per heavy atom. The maximum atomic E-state index is 2.38. The fourth-order valence-electron chi connectivity index (χ4n) is 3.90. The van der Waals surface area contributed by atoms with Crippen molar-refractivity contribution >= 4 is 21.9 Å². The van der Waals surface area contributed by atoms with Crippen molar-refractivity contribution in [3.05, 3.63) is 101 Å². The summed E-state index contributed by atoms with van der Waals surface area (Å²) in [7, 11) is 0. The average molecular weight is 293 g/mol. The Labute approximate surface area is 136 Å². The standard InChI is InChI=1S/C23H17/c1-2-6-16(7-3-1)20-14-19-13-12-18-11-10-17-8-4-5-9-21(17)23(18)22(19)15-20/h1-11,14-15H,12-13H2. The van der Waals surface area contributed by atoms with Crippen LogP contribution in [-0.2, 0) is 6.42 Å². The second kappa shape index (κ2) is 4.96. The Kier molecular flexibility index (Phi) is 2.78. The SMILES string of the molecule is [CH]1C(c2ccccc2)=CC2=C1CCc1ccc3ccccc3c12. The van der Waals surface area contributed by atoms with Crippen molar-refractivity contribution in [3.8, 4) is 0 Å². The van der Waals surface area contributed by atoms with Gasteiger partial charge in [0.2, 0.25) is 0 Å². The molecule has 0 amide bonds. The van der Waals surface area contributed by atoms with E-state index in [0.29, 0.717) is 0 Å². The number of fused-ring (bicyclic) bond motifs is 4. The lowest BCUT2D eigenvalue weighted by Gasteiger charge is -2.20. The highest BCUT2D eigenvalue weighted by Gasteiger charge is 2.25. The van der Waals surface area contributed by atoms with Gasteiger partial charge in [0.1, 0.15) is 0 Å². The molecule has 5 rings (SSSR count). The number of aryl methyl sites for hydroxylation is 1. The molecule has 0 aromatic heterocycles. The molecule has 2 aliphatic rings. The van der Waals surface area contributed by atoms with Crippen LogP contribution in [0, 0.1) is 6.42 Å². The minimum Gasteiger partial charge on any atom is -0.0622 e. The summed E-state index contributed by atoms with van der Waals surface area (Å²) in [6, 6.07) is 24.0. The summed E-state index contributed by atoms with van der Waals surface area (Å²) in [6.45, 7) is 0. The molecule has 1 radical (unpaired) electrons. The summed E-state index contributed by atoms with van der Waals surface area (Å²) in [5.41, 5.74) is 8.52. The highest BCUT2D eigenvalue weighted by atomic mass is 14.3. The van der Waals surface area contributed by atoms with E-state index in [4.69, 9.17) is 0 Å². The van der Waals surface area contributed by atoms with Gasteiger partial charge in [-0.25, -0.2) is 0 Å². The molecule has 0 bridgehead atoms. The fourth-order valence-corrected chi connectivity index (χ4v) is 3.90. The van der Waals surface area contributed by atoms with Crippen molar-refractivity contribution in [3.63, 3.8) is 0 Å². The monoisotopic (exact) mass is 293 g/mol. The predicted octanol–water partition coefficient (Wildman–Crippen LogP) is 5.84. The Hall–Kier alpha value is -2.60. The smallest absolute Gasteiger partial charge is 0.0170 e. The summed E-state index contributed by atoms with van der Waals surface area (Å²) in [6.07, 6.45) is 7.06. The molecule has 0 spiro atoms. The number of hydrogen-bond donors (Lipinski definition) is 0. The van der Waals surface area contributed by atoms with E-state index in [9.17, 15) is 0 Å². The first-order valence-electron chi connectivity index (χ1n) is 8.26. The van der Waals surface area contributed by atoms with Crippen LogP contribution in [0.5, 0.6) is 0 Å². The molecule has 0 atom stereocenters. The van der Waals surface area contributed by atoms with Gasteiger partial charge in [0.25, 0.3) is 0 Å². The molecular weight excluding hydrogens is 276 g/mol. The molecule has 0 unspecified atom stereocenters. The third-order valence-corrected chi connectivity index (χ3v) is 5.03. The lowest BCUT2D eigenvalue weighted by molar-refractivity contribution is 0.942. The zero-order valence-electron chi connectivity index (χ0n) is 12.9. The number of hydrogen-bond acceptors (Lipinski definition) is 0. The van der Waals surface area contributed by atoms with E-state index in [-0.39, 0.29) is 0 Å². The van der Waals surface area contributed by atoms with Gasteiger partial charge in [-0.2, -0.15) is 0 Å². The number of rotatable bonds is 1. The topological polar surface area (TPSA) is 0 Å². The molecule has 0 nitrogen and oxygen atoms in total. The van der Waals surface area contributed by atoms with E-state index in [2.05, 4.69) is 79.2 Å². The quantitative estimate of drug-likeness (QED) is 0.528. The Morgan fingerprint density at radius 1 is 0.696 bits per heavy atom. The summed E-state index contributed by atoms with van der Waals surface area (Å²) in [5.74, 6) is 0. The summed E-state index contributed by atoms with van der Waals surface area (Å²) >= 11 is 0. The van der Waals surface area contributed by atoms with Crippen molar-refractivity contribution in [2.75, 3.05) is 0 Å². The molecule has 0 heteroatoms. The largest absolute Gasteiger partial charge is 0.0622 e. The normalized spacial score (nSPS) is 16.3. The van der Waals surface area contributed by atoms with Crippen molar-refractivity contribution in [2.24, 2.45) is 0 Å². The lowest BCUT2D eigenvalue weighted by Crippen LogP contribution is -2.02. The van der Waals surface area contributed by atoms with Gasteiger partial charge in [-0.15, -0.1) is 0 Å². The van der Waals surface area contributed by atoms with Crippen LogP contribution in [0.2, 0.25) is 0 Å². The third kappa shape index (κ3) is 1.98. The maximum absolute atomic E-state index is 2.38. The van der Waals surface area contributed by atoms with Gasteiger partial charge in [-0.1, -0.05) is 72.3 Å². The molecule has 23 heavy (non-hydrogen) atoms. The van der Waals surface area contributed by atoms with Gasteiger partial charge in [0.15, 0.2) is 0 Å². The lowest BCUT2D eigenvalue weighted by atomic mass is 9.84. The van der Waals surface area contributed by atoms with Gasteiger partial charge < -0.3 is 0 Å². The number of allylic oxidation sites excluding steroid dienone is 4. The van der Waals surface area contributed by atoms with E-state index in [1.165, 1.54) is 44.2 Å². The van der Waals surface area contributed by atoms with E-state index in [1.54, 1.807) is 0 Å². The zero-order chi connectivity index (χ0) is 15.2. The van der Waals surface area contributed by atoms with Crippen LogP contribution in [0.3, 0.4) is 0 Å². The van der Waals surface area contributed by atoms with E-state index in [0.717, 1.165) is 12.8 Å². The molecule has 2 aliphatic carbocycles. The summed E-state index contributed by atoms with van der Waals surface area (Å²) < 4.78 is 0. The third-order valence-electron chi connectivity index (χ3n) is 5.03. The molecule has 0 aliphatic heterocycles. The maximum Gasteiger partial charge on any atom is 0.0170 e. The highest BCUT2D eigenvalue weighted by molar-refractivity contribution is 6.05. The Balaban J connectivity index is 1.71. The van der Waals surface area contributed by atoms with Gasteiger partial charge >= 0.3 is 0 Å². The first-order chi connectivity index (χ1) is 11.4. The molecule has 0 N–H and O–H groups in total. The molecular formula is C23H17. The molecule has 109 valence electrons. The van der Waals surface area contributed by atoms with Crippen LogP contribution in [0.25, 0.3) is 21.9 Å². The minimum atomic E-state index is 1.14. The molecule has 0 saturated carbocycles. The fraction of sp³-hybridized carbons (Fsp3) is 0.0870. The number of benzene rings is 3. The minimum absolute atomic E-state index is 1.14. The molecule has 0 fully saturated rings. The van der Waals surface area contributed by atoms with E-state index < -0.39 is 0 Å². The predicted molar refractivity (Wildman–Crippen MR) is 97.9 cm³/mol. The second-order valence-corrected chi connectivity index (χ2v) is 6.37. The van der Waals surface area contributed by atoms with E-state index >= 15 is 0 Å². The molecule has 3 aromatic rings.